The molecule has 0 radical (unpaired) electrons. The predicted octanol–water partition coefficient (Wildman–Crippen LogP) is 2.36. The number of nitrogens with zero attached hydrogens (tertiary/aromatic N) is 2. The van der Waals surface area contributed by atoms with Gasteiger partial charge in [-0.15, -0.1) is 12.4 Å². The Bertz CT molecular complexity index is 693. The van der Waals surface area contributed by atoms with Gasteiger partial charge in [-0.2, -0.15) is 4.98 Å². The topological polar surface area (TPSA) is 69.4 Å². The molecule has 4 rings (SSSR count). The summed E-state index contributed by atoms with van der Waals surface area (Å²) in [7, 11) is 1.72. The molecule has 6 nitrogen and oxygen atoms in total. The van der Waals surface area contributed by atoms with Crippen LogP contribution in [0.4, 0.5) is 0 Å². The molecule has 2 aromatic rings. The Morgan fingerprint density at radius 2 is 2.12 bits per heavy atom. The molecule has 3 heterocycles. The summed E-state index contributed by atoms with van der Waals surface area (Å²) in [4.78, 5) is 4.69. The van der Waals surface area contributed by atoms with Crippen LogP contribution in [0.25, 0.3) is 11.4 Å². The molecule has 0 saturated carbocycles. The fourth-order valence-electron chi connectivity index (χ4n) is 3.48. The largest absolute Gasteiger partial charge is 0.493 e. The Hall–Kier alpha value is -1.63. The number of fused-ring (bicyclic) bond motifs is 1. The van der Waals surface area contributed by atoms with Crippen molar-refractivity contribution in [1.29, 1.82) is 0 Å². The number of hydrogen-bond acceptors (Lipinski definition) is 6. The number of benzene rings is 1. The van der Waals surface area contributed by atoms with E-state index in [0.717, 1.165) is 50.3 Å². The van der Waals surface area contributed by atoms with E-state index in [1.807, 2.05) is 12.1 Å². The number of nitrogens with one attached hydrogen (secondary N) is 1. The molecule has 2 aliphatic rings. The third-order valence-electron chi connectivity index (χ3n) is 4.81. The highest BCUT2D eigenvalue weighted by Crippen LogP contribution is 2.35. The zero-order valence-electron chi connectivity index (χ0n) is 13.7. The van der Waals surface area contributed by atoms with E-state index in [1.54, 1.807) is 7.11 Å². The highest BCUT2D eigenvalue weighted by molar-refractivity contribution is 5.85. The average Bonchev–Trinajstić information content (AvgIpc) is 3.25. The fourth-order valence-corrected chi connectivity index (χ4v) is 3.48. The maximum Gasteiger partial charge on any atom is 0.235 e. The van der Waals surface area contributed by atoms with Gasteiger partial charge < -0.3 is 19.3 Å². The lowest BCUT2D eigenvalue weighted by Gasteiger charge is -2.33. The summed E-state index contributed by atoms with van der Waals surface area (Å²) in [5.41, 5.74) is 2.01. The molecule has 2 aliphatic heterocycles. The van der Waals surface area contributed by atoms with Gasteiger partial charge in [0.15, 0.2) is 0 Å². The van der Waals surface area contributed by atoms with Crippen LogP contribution >= 0.6 is 12.4 Å². The van der Waals surface area contributed by atoms with Crippen LogP contribution < -0.4 is 10.1 Å². The standard InChI is InChI=1S/C17H21N3O3.ClH/c1-21-11-17(5-7-18-8-6-17)16-19-15(20-23-16)13-2-3-14-12(10-13)4-9-22-14;/h2-3,10,18H,4-9,11H2,1H3;1H. The monoisotopic (exact) mass is 351 g/mol. The Balaban J connectivity index is 0.00000169. The van der Waals surface area contributed by atoms with Gasteiger partial charge >= 0.3 is 0 Å². The van der Waals surface area contributed by atoms with Crippen LogP contribution in [-0.4, -0.2) is 43.6 Å². The molecule has 130 valence electrons. The highest BCUT2D eigenvalue weighted by Gasteiger charge is 2.39. The third-order valence-corrected chi connectivity index (χ3v) is 4.81. The Kier molecular flexibility index (Phi) is 5.08. The normalized spacial score (nSPS) is 18.5. The van der Waals surface area contributed by atoms with Gasteiger partial charge in [0, 0.05) is 19.1 Å². The van der Waals surface area contributed by atoms with Crippen molar-refractivity contribution in [1.82, 2.24) is 15.5 Å². The van der Waals surface area contributed by atoms with Crippen molar-refractivity contribution in [3.63, 3.8) is 0 Å². The molecular weight excluding hydrogens is 330 g/mol. The number of halogens is 1. The molecule has 24 heavy (non-hydrogen) atoms. The SMILES string of the molecule is COCC1(c2nc(-c3ccc4c(c3)CCO4)no2)CCNCC1.Cl. The predicted molar refractivity (Wildman–Crippen MR) is 91.8 cm³/mol. The van der Waals surface area contributed by atoms with Crippen LogP contribution in [0.15, 0.2) is 22.7 Å². The van der Waals surface area contributed by atoms with Crippen molar-refractivity contribution in [2.75, 3.05) is 33.4 Å². The second-order valence-electron chi connectivity index (χ2n) is 6.31. The number of hydrogen-bond donors (Lipinski definition) is 1. The molecule has 0 bridgehead atoms. The minimum atomic E-state index is -0.176. The molecule has 1 saturated heterocycles. The third kappa shape index (κ3) is 3.01. The highest BCUT2D eigenvalue weighted by atomic mass is 35.5. The van der Waals surface area contributed by atoms with E-state index in [0.29, 0.717) is 18.3 Å². The van der Waals surface area contributed by atoms with E-state index in [9.17, 15) is 0 Å². The minimum absolute atomic E-state index is 0. The molecule has 0 spiro atoms. The summed E-state index contributed by atoms with van der Waals surface area (Å²) in [6.07, 6.45) is 2.83. The molecular formula is C17H22ClN3O3. The Morgan fingerprint density at radius 3 is 2.92 bits per heavy atom. The van der Waals surface area contributed by atoms with Crippen LogP contribution in [-0.2, 0) is 16.6 Å². The van der Waals surface area contributed by atoms with Crippen molar-refractivity contribution < 1.29 is 14.0 Å². The maximum absolute atomic E-state index is 5.63. The summed E-state index contributed by atoms with van der Waals surface area (Å²) in [6.45, 7) is 3.24. The van der Waals surface area contributed by atoms with Crippen molar-refractivity contribution in [3.8, 4) is 17.1 Å². The second kappa shape index (κ2) is 7.09. The van der Waals surface area contributed by atoms with Crippen molar-refractivity contribution >= 4 is 12.4 Å². The molecule has 0 aliphatic carbocycles. The summed E-state index contributed by atoms with van der Waals surface area (Å²) >= 11 is 0. The first-order chi connectivity index (χ1) is 11.3. The fraction of sp³-hybridized carbons (Fsp3) is 0.529. The number of aromatic nitrogens is 2. The van der Waals surface area contributed by atoms with E-state index in [2.05, 4.69) is 16.5 Å². The smallest absolute Gasteiger partial charge is 0.235 e. The summed E-state index contributed by atoms with van der Waals surface area (Å²) in [6, 6.07) is 6.08. The lowest BCUT2D eigenvalue weighted by Crippen LogP contribution is -2.43. The lowest BCUT2D eigenvalue weighted by atomic mass is 9.79. The molecule has 1 fully saturated rings. The van der Waals surface area contributed by atoms with Gasteiger partial charge in [-0.05, 0) is 49.7 Å². The van der Waals surface area contributed by atoms with Gasteiger partial charge in [-0.1, -0.05) is 5.16 Å². The van der Waals surface area contributed by atoms with Crippen molar-refractivity contribution in [2.45, 2.75) is 24.7 Å². The van der Waals surface area contributed by atoms with Gasteiger partial charge in [0.2, 0.25) is 11.7 Å². The van der Waals surface area contributed by atoms with E-state index in [1.165, 1.54) is 5.56 Å². The quantitative estimate of drug-likeness (QED) is 0.912. The zero-order valence-corrected chi connectivity index (χ0v) is 14.5. The van der Waals surface area contributed by atoms with Crippen molar-refractivity contribution in [2.24, 2.45) is 0 Å². The van der Waals surface area contributed by atoms with E-state index < -0.39 is 0 Å². The van der Waals surface area contributed by atoms with Crippen LogP contribution in [0.5, 0.6) is 5.75 Å². The molecule has 0 unspecified atom stereocenters. The van der Waals surface area contributed by atoms with Gasteiger partial charge in [0.25, 0.3) is 0 Å². The molecule has 0 amide bonds. The second-order valence-corrected chi connectivity index (χ2v) is 6.31. The van der Waals surface area contributed by atoms with E-state index in [-0.39, 0.29) is 17.8 Å². The van der Waals surface area contributed by atoms with E-state index >= 15 is 0 Å². The first kappa shape index (κ1) is 17.2. The number of methoxy groups -OCH3 is 1. The van der Waals surface area contributed by atoms with Crippen LogP contribution in [0, 0.1) is 0 Å². The van der Waals surface area contributed by atoms with Gasteiger partial charge in [-0.25, -0.2) is 0 Å². The molecule has 0 atom stereocenters. The first-order valence-electron chi connectivity index (χ1n) is 8.11. The van der Waals surface area contributed by atoms with Gasteiger partial charge in [0.05, 0.1) is 18.6 Å². The summed E-state index contributed by atoms with van der Waals surface area (Å²) in [5, 5.41) is 7.59. The lowest BCUT2D eigenvalue weighted by molar-refractivity contribution is 0.0850. The first-order valence-corrected chi connectivity index (χ1v) is 8.11. The van der Waals surface area contributed by atoms with Crippen LogP contribution in [0.3, 0.4) is 0 Å². The van der Waals surface area contributed by atoms with E-state index in [4.69, 9.17) is 19.0 Å². The molecule has 1 aromatic heterocycles. The minimum Gasteiger partial charge on any atom is -0.493 e. The molecule has 1 N–H and O–H groups in total. The average molecular weight is 352 g/mol. The summed E-state index contributed by atoms with van der Waals surface area (Å²) in [5.74, 6) is 2.29. The number of ether oxygens (including phenoxy) is 2. The van der Waals surface area contributed by atoms with Crippen LogP contribution in [0.1, 0.15) is 24.3 Å². The van der Waals surface area contributed by atoms with Gasteiger partial charge in [-0.3, -0.25) is 0 Å². The molecule has 1 aromatic carbocycles. The van der Waals surface area contributed by atoms with Crippen LogP contribution in [0.2, 0.25) is 0 Å². The Labute approximate surface area is 147 Å². The number of rotatable bonds is 4. The number of piperidine rings is 1. The van der Waals surface area contributed by atoms with Crippen molar-refractivity contribution in [3.05, 3.63) is 29.7 Å². The van der Waals surface area contributed by atoms with Gasteiger partial charge in [0.1, 0.15) is 5.75 Å². The Morgan fingerprint density at radius 1 is 1.29 bits per heavy atom. The summed E-state index contributed by atoms with van der Waals surface area (Å²) < 4.78 is 16.6. The molecule has 7 heteroatoms. The maximum atomic E-state index is 5.63. The zero-order chi connectivity index (χ0) is 15.7.